The van der Waals surface area contributed by atoms with E-state index in [-0.39, 0.29) is 30.4 Å². The lowest BCUT2D eigenvalue weighted by atomic mass is 9.98. The van der Waals surface area contributed by atoms with E-state index in [4.69, 9.17) is 5.73 Å². The minimum absolute atomic E-state index is 0.0603. The molecule has 1 amide bonds. The second kappa shape index (κ2) is 6.44. The third-order valence-corrected chi connectivity index (χ3v) is 3.15. The van der Waals surface area contributed by atoms with Crippen LogP contribution in [0.25, 0.3) is 0 Å². The summed E-state index contributed by atoms with van der Waals surface area (Å²) in [6, 6.07) is -0.693. The molecule has 0 aliphatic carbocycles. The Hall–Kier alpha value is -1.49. The molecule has 0 spiro atoms. The van der Waals surface area contributed by atoms with E-state index in [0.717, 1.165) is 6.42 Å². The van der Waals surface area contributed by atoms with Crippen LogP contribution in [-0.4, -0.2) is 41.5 Å². The molecule has 1 aliphatic rings. The highest BCUT2D eigenvalue weighted by Gasteiger charge is 2.28. The molecule has 0 saturated heterocycles. The first-order valence-corrected chi connectivity index (χ1v) is 6.12. The van der Waals surface area contributed by atoms with Crippen molar-refractivity contribution in [3.8, 4) is 0 Å². The average Bonchev–Trinajstić information content (AvgIpc) is 2.27. The van der Waals surface area contributed by atoms with Gasteiger partial charge < -0.3 is 5.73 Å². The van der Waals surface area contributed by atoms with Gasteiger partial charge in [0.2, 0.25) is 5.91 Å². The number of Topliss-reactive ketones (excluding diaryl/α,β-unsaturated/α-hetero) is 2. The van der Waals surface area contributed by atoms with E-state index < -0.39 is 11.9 Å². The van der Waals surface area contributed by atoms with Gasteiger partial charge in [-0.3, -0.25) is 19.3 Å². The Morgan fingerprint density at radius 1 is 1.50 bits per heavy atom. The molecule has 18 heavy (non-hydrogen) atoms. The van der Waals surface area contributed by atoms with E-state index in [9.17, 15) is 14.4 Å². The molecule has 2 N–H and O–H groups in total. The van der Waals surface area contributed by atoms with Crippen LogP contribution in [-0.2, 0) is 14.4 Å². The summed E-state index contributed by atoms with van der Waals surface area (Å²) in [4.78, 5) is 36.1. The van der Waals surface area contributed by atoms with Crippen molar-refractivity contribution in [2.45, 2.75) is 32.7 Å². The van der Waals surface area contributed by atoms with Gasteiger partial charge in [-0.2, -0.15) is 0 Å². The molecule has 0 unspecified atom stereocenters. The maximum absolute atomic E-state index is 11.9. The molecule has 0 fully saturated rings. The van der Waals surface area contributed by atoms with Gasteiger partial charge in [0.1, 0.15) is 11.6 Å². The van der Waals surface area contributed by atoms with Gasteiger partial charge in [0, 0.05) is 18.9 Å². The van der Waals surface area contributed by atoms with Crippen LogP contribution in [0.2, 0.25) is 0 Å². The van der Waals surface area contributed by atoms with E-state index in [0.29, 0.717) is 6.54 Å². The molecule has 0 saturated carbocycles. The molecule has 0 bridgehead atoms. The van der Waals surface area contributed by atoms with Gasteiger partial charge in [-0.15, -0.1) is 0 Å². The minimum atomic E-state index is -0.693. The first-order chi connectivity index (χ1) is 8.41. The van der Waals surface area contributed by atoms with Crippen LogP contribution in [0.3, 0.4) is 0 Å². The molecule has 5 nitrogen and oxygen atoms in total. The van der Waals surface area contributed by atoms with E-state index >= 15 is 0 Å². The van der Waals surface area contributed by atoms with Gasteiger partial charge in [0.15, 0.2) is 0 Å². The maximum Gasteiger partial charge on any atom is 0.235 e. The fraction of sp³-hybridized carbons (Fsp3) is 0.615. The van der Waals surface area contributed by atoms with Gasteiger partial charge in [-0.25, -0.2) is 0 Å². The Morgan fingerprint density at radius 3 is 2.72 bits per heavy atom. The second-order valence-electron chi connectivity index (χ2n) is 4.83. The number of rotatable bonds is 4. The topological polar surface area (TPSA) is 80.5 Å². The lowest BCUT2D eigenvalue weighted by molar-refractivity contribution is -0.130. The minimum Gasteiger partial charge on any atom is -0.368 e. The predicted octanol–water partition coefficient (Wildman–Crippen LogP) is 0.287. The third-order valence-electron chi connectivity index (χ3n) is 3.15. The zero-order valence-electron chi connectivity index (χ0n) is 10.9. The fourth-order valence-corrected chi connectivity index (χ4v) is 1.98. The van der Waals surface area contributed by atoms with Crippen LogP contribution >= 0.6 is 0 Å². The Bertz CT molecular complexity index is 376. The van der Waals surface area contributed by atoms with Crippen LogP contribution in [0, 0.1) is 5.92 Å². The lowest BCUT2D eigenvalue weighted by Gasteiger charge is -2.29. The summed E-state index contributed by atoms with van der Waals surface area (Å²) in [7, 11) is 0. The van der Waals surface area contributed by atoms with E-state index in [1.165, 1.54) is 6.92 Å². The van der Waals surface area contributed by atoms with E-state index in [1.807, 2.05) is 19.1 Å². The highest BCUT2D eigenvalue weighted by Crippen LogP contribution is 2.13. The number of nitrogens with zero attached hydrogens (tertiary/aromatic N) is 1. The van der Waals surface area contributed by atoms with Crippen LogP contribution in [0.1, 0.15) is 26.7 Å². The van der Waals surface area contributed by atoms with Crippen molar-refractivity contribution in [1.82, 2.24) is 4.90 Å². The molecule has 5 heteroatoms. The number of carbonyl (C=O) groups is 3. The standard InChI is InChI=1S/C13H20N2O3/c1-9-5-3-4-6-15(8-12(9)17)11(13(14)18)7-10(2)16/h3-4,9,11H,5-8H2,1-2H3,(H2,14,18)/b4-3-/t9-,11-/m0/s1. The number of primary amides is 1. The van der Waals surface area contributed by atoms with Crippen molar-refractivity contribution in [1.29, 1.82) is 0 Å². The van der Waals surface area contributed by atoms with Gasteiger partial charge in [-0.05, 0) is 13.3 Å². The summed E-state index contributed by atoms with van der Waals surface area (Å²) in [6.45, 7) is 3.92. The zero-order chi connectivity index (χ0) is 13.7. The molecule has 1 rings (SSSR count). The summed E-state index contributed by atoms with van der Waals surface area (Å²) in [6.07, 6.45) is 4.63. The largest absolute Gasteiger partial charge is 0.368 e. The smallest absolute Gasteiger partial charge is 0.235 e. The van der Waals surface area contributed by atoms with Crippen LogP contribution in [0.4, 0.5) is 0 Å². The summed E-state index contributed by atoms with van der Waals surface area (Å²) < 4.78 is 0. The zero-order valence-corrected chi connectivity index (χ0v) is 10.9. The number of amides is 1. The summed E-state index contributed by atoms with van der Waals surface area (Å²) >= 11 is 0. The summed E-state index contributed by atoms with van der Waals surface area (Å²) in [5.74, 6) is -0.644. The van der Waals surface area contributed by atoms with Crippen LogP contribution in [0.5, 0.6) is 0 Å². The lowest BCUT2D eigenvalue weighted by Crippen LogP contribution is -2.49. The van der Waals surface area contributed by atoms with Crippen LogP contribution < -0.4 is 5.73 Å². The monoisotopic (exact) mass is 252 g/mol. The van der Waals surface area contributed by atoms with Gasteiger partial charge in [-0.1, -0.05) is 19.1 Å². The van der Waals surface area contributed by atoms with Crippen LogP contribution in [0.15, 0.2) is 12.2 Å². The molecule has 1 aliphatic heterocycles. The van der Waals surface area contributed by atoms with Crippen molar-refractivity contribution >= 4 is 17.5 Å². The van der Waals surface area contributed by atoms with Crippen molar-refractivity contribution in [3.63, 3.8) is 0 Å². The SMILES string of the molecule is CC(=O)C[C@@H](C(N)=O)N1C/C=C\C[C@H](C)C(=O)C1. The molecule has 0 aromatic heterocycles. The fourth-order valence-electron chi connectivity index (χ4n) is 1.98. The Balaban J connectivity index is 2.85. The third kappa shape index (κ3) is 4.07. The van der Waals surface area contributed by atoms with Gasteiger partial charge in [0.05, 0.1) is 12.6 Å². The number of carbonyl (C=O) groups excluding carboxylic acids is 3. The highest BCUT2D eigenvalue weighted by molar-refractivity contribution is 5.88. The Labute approximate surface area is 107 Å². The number of allylic oxidation sites excluding steroid dienone is 1. The molecular weight excluding hydrogens is 232 g/mol. The number of hydrogen-bond acceptors (Lipinski definition) is 4. The normalized spacial score (nSPS) is 25.0. The molecule has 2 atom stereocenters. The Morgan fingerprint density at radius 2 is 2.17 bits per heavy atom. The van der Waals surface area contributed by atoms with Crippen molar-refractivity contribution < 1.29 is 14.4 Å². The first kappa shape index (κ1) is 14.6. The maximum atomic E-state index is 11.9. The number of ketones is 2. The molecule has 0 aromatic carbocycles. The number of hydrogen-bond donors (Lipinski definition) is 1. The van der Waals surface area contributed by atoms with Crippen molar-refractivity contribution in [2.24, 2.45) is 11.7 Å². The van der Waals surface area contributed by atoms with Crippen molar-refractivity contribution in [2.75, 3.05) is 13.1 Å². The molecule has 100 valence electrons. The van der Waals surface area contributed by atoms with Crippen molar-refractivity contribution in [3.05, 3.63) is 12.2 Å². The highest BCUT2D eigenvalue weighted by atomic mass is 16.2. The van der Waals surface area contributed by atoms with Gasteiger partial charge in [0.25, 0.3) is 0 Å². The second-order valence-corrected chi connectivity index (χ2v) is 4.83. The average molecular weight is 252 g/mol. The van der Waals surface area contributed by atoms with E-state index in [2.05, 4.69) is 0 Å². The molecule has 0 radical (unpaired) electrons. The first-order valence-electron chi connectivity index (χ1n) is 6.12. The Kier molecular flexibility index (Phi) is 5.22. The van der Waals surface area contributed by atoms with E-state index in [1.54, 1.807) is 4.90 Å². The summed E-state index contributed by atoms with van der Waals surface area (Å²) in [5, 5.41) is 0. The quantitative estimate of drug-likeness (QED) is 0.729. The molecule has 0 aromatic rings. The molecule has 1 heterocycles. The van der Waals surface area contributed by atoms with Gasteiger partial charge >= 0.3 is 0 Å². The summed E-state index contributed by atoms with van der Waals surface area (Å²) in [5.41, 5.74) is 5.32. The molecular formula is C13H20N2O3. The predicted molar refractivity (Wildman–Crippen MR) is 67.8 cm³/mol. The number of nitrogens with two attached hydrogens (primary N) is 1.